The van der Waals surface area contributed by atoms with Gasteiger partial charge in [-0.1, -0.05) is 13.8 Å². The van der Waals surface area contributed by atoms with Gasteiger partial charge >= 0.3 is 5.69 Å². The zero-order chi connectivity index (χ0) is 11.8. The molecule has 1 heterocycles. The highest BCUT2D eigenvalue weighted by molar-refractivity contribution is 5.26. The zero-order valence-corrected chi connectivity index (χ0v) is 9.92. The summed E-state index contributed by atoms with van der Waals surface area (Å²) in [7, 11) is 0. The van der Waals surface area contributed by atoms with E-state index in [-0.39, 0.29) is 11.1 Å². The number of H-pyrrole nitrogens is 1. The van der Waals surface area contributed by atoms with Crippen LogP contribution in [0.3, 0.4) is 0 Å². The minimum absolute atomic E-state index is 0.233. The van der Waals surface area contributed by atoms with Gasteiger partial charge in [0.1, 0.15) is 0 Å². The molecule has 1 aromatic heterocycles. The van der Waals surface area contributed by atoms with Gasteiger partial charge in [0.25, 0.3) is 0 Å². The molecule has 0 aromatic carbocycles. The van der Waals surface area contributed by atoms with E-state index >= 15 is 0 Å². The quantitative estimate of drug-likeness (QED) is 0.787. The van der Waals surface area contributed by atoms with Crippen LogP contribution < -0.4 is 11.4 Å². The first-order valence-corrected chi connectivity index (χ1v) is 5.80. The Kier molecular flexibility index (Phi) is 2.84. The fourth-order valence-corrected chi connectivity index (χ4v) is 2.72. The number of nitrogens with zero attached hydrogens (tertiary/aromatic N) is 1. The summed E-state index contributed by atoms with van der Waals surface area (Å²) in [4.78, 5) is 17.9. The molecule has 88 valence electrons. The summed E-state index contributed by atoms with van der Waals surface area (Å²) in [5, 5.41) is 0. The zero-order valence-electron chi connectivity index (χ0n) is 9.92. The van der Waals surface area contributed by atoms with Crippen molar-refractivity contribution in [1.82, 2.24) is 9.97 Å². The third kappa shape index (κ3) is 2.16. The van der Waals surface area contributed by atoms with Gasteiger partial charge in [-0.05, 0) is 42.7 Å². The average Bonchev–Trinajstić information content (AvgIpc) is 2.15. The van der Waals surface area contributed by atoms with Crippen molar-refractivity contribution in [3.8, 4) is 0 Å². The highest BCUT2D eigenvalue weighted by atomic mass is 16.1. The van der Waals surface area contributed by atoms with E-state index in [0.29, 0.717) is 12.5 Å². The van der Waals surface area contributed by atoms with Crippen molar-refractivity contribution in [2.45, 2.75) is 39.0 Å². The highest BCUT2D eigenvalue weighted by Crippen LogP contribution is 2.41. The second kappa shape index (κ2) is 4.01. The van der Waals surface area contributed by atoms with Crippen LogP contribution in [0.2, 0.25) is 0 Å². The van der Waals surface area contributed by atoms with Crippen LogP contribution in [0.4, 0.5) is 0 Å². The molecular weight excluding hydrogens is 202 g/mol. The molecule has 0 aliphatic heterocycles. The predicted octanol–water partition coefficient (Wildman–Crippen LogP) is 1.17. The number of hydrogen-bond acceptors (Lipinski definition) is 3. The first kappa shape index (κ1) is 11.3. The number of fused-ring (bicyclic) bond motifs is 1. The summed E-state index contributed by atoms with van der Waals surface area (Å²) >= 11 is 0. The van der Waals surface area contributed by atoms with Crippen molar-refractivity contribution in [3.63, 3.8) is 0 Å². The van der Waals surface area contributed by atoms with E-state index < -0.39 is 0 Å². The molecule has 0 amide bonds. The van der Waals surface area contributed by atoms with Crippen LogP contribution in [0, 0.1) is 5.41 Å². The minimum atomic E-state index is -0.247. The molecule has 3 N–H and O–H groups in total. The maximum atomic E-state index is 11.2. The van der Waals surface area contributed by atoms with Crippen molar-refractivity contribution >= 4 is 0 Å². The normalized spacial score (nSPS) is 22.8. The predicted molar refractivity (Wildman–Crippen MR) is 63.4 cm³/mol. The third-order valence-corrected chi connectivity index (χ3v) is 3.34. The molecule has 0 saturated heterocycles. The molecule has 2 rings (SSSR count). The van der Waals surface area contributed by atoms with Gasteiger partial charge < -0.3 is 10.7 Å². The molecule has 0 saturated carbocycles. The maximum Gasteiger partial charge on any atom is 0.345 e. The number of nitrogens with two attached hydrogens (primary N) is 1. The summed E-state index contributed by atoms with van der Waals surface area (Å²) in [6.07, 6.45) is 4.72. The molecule has 0 bridgehead atoms. The Morgan fingerprint density at radius 1 is 1.62 bits per heavy atom. The molecule has 1 aliphatic carbocycles. The summed E-state index contributed by atoms with van der Waals surface area (Å²) in [5.74, 6) is 0.438. The van der Waals surface area contributed by atoms with Crippen molar-refractivity contribution in [2.75, 3.05) is 6.54 Å². The Bertz CT molecular complexity index is 436. The number of aromatic amines is 1. The SMILES string of the molecule is CC1(C)Cc2[nH]c(=O)ncc2C(CCN)C1. The van der Waals surface area contributed by atoms with Crippen LogP contribution in [0.5, 0.6) is 0 Å². The number of aromatic nitrogens is 2. The van der Waals surface area contributed by atoms with Gasteiger partial charge in [0.15, 0.2) is 0 Å². The van der Waals surface area contributed by atoms with E-state index in [1.54, 1.807) is 6.20 Å². The lowest BCUT2D eigenvalue weighted by molar-refractivity contribution is 0.269. The van der Waals surface area contributed by atoms with Gasteiger partial charge in [0.05, 0.1) is 0 Å². The minimum Gasteiger partial charge on any atom is -0.330 e. The van der Waals surface area contributed by atoms with Crippen LogP contribution in [-0.2, 0) is 6.42 Å². The molecule has 1 aliphatic rings. The molecule has 1 atom stereocenters. The monoisotopic (exact) mass is 221 g/mol. The molecule has 0 spiro atoms. The van der Waals surface area contributed by atoms with Crippen molar-refractivity contribution in [2.24, 2.45) is 11.1 Å². The number of hydrogen-bond donors (Lipinski definition) is 2. The van der Waals surface area contributed by atoms with Crippen molar-refractivity contribution in [3.05, 3.63) is 27.9 Å². The van der Waals surface area contributed by atoms with E-state index in [1.807, 2.05) is 0 Å². The Balaban J connectivity index is 2.42. The fraction of sp³-hybridized carbons (Fsp3) is 0.667. The standard InChI is InChI=1S/C12H19N3O/c1-12(2)5-8(3-4-13)9-7-14-11(16)15-10(9)6-12/h7-8H,3-6,13H2,1-2H3,(H,14,15,16). The highest BCUT2D eigenvalue weighted by Gasteiger charge is 2.32. The number of nitrogens with one attached hydrogen (secondary N) is 1. The van der Waals surface area contributed by atoms with Crippen LogP contribution in [0.1, 0.15) is 43.9 Å². The van der Waals surface area contributed by atoms with Crippen LogP contribution >= 0.6 is 0 Å². The largest absolute Gasteiger partial charge is 0.345 e. The Morgan fingerprint density at radius 2 is 2.38 bits per heavy atom. The first-order valence-electron chi connectivity index (χ1n) is 5.80. The lowest BCUT2D eigenvalue weighted by Crippen LogP contribution is -2.30. The summed E-state index contributed by atoms with van der Waals surface area (Å²) < 4.78 is 0. The Labute approximate surface area is 95.3 Å². The first-order chi connectivity index (χ1) is 7.52. The fourth-order valence-electron chi connectivity index (χ4n) is 2.72. The Morgan fingerprint density at radius 3 is 3.06 bits per heavy atom. The van der Waals surface area contributed by atoms with Crippen LogP contribution in [0.15, 0.2) is 11.0 Å². The van der Waals surface area contributed by atoms with Gasteiger partial charge in [0.2, 0.25) is 0 Å². The lowest BCUT2D eigenvalue weighted by Gasteiger charge is -2.36. The van der Waals surface area contributed by atoms with E-state index in [4.69, 9.17) is 5.73 Å². The van der Waals surface area contributed by atoms with Gasteiger partial charge in [0, 0.05) is 11.9 Å². The summed E-state index contributed by atoms with van der Waals surface area (Å²) in [6.45, 7) is 5.15. The molecular formula is C12H19N3O. The smallest absolute Gasteiger partial charge is 0.330 e. The summed E-state index contributed by atoms with van der Waals surface area (Å²) in [5.41, 5.74) is 7.86. The van der Waals surface area contributed by atoms with Gasteiger partial charge in [-0.15, -0.1) is 0 Å². The molecule has 1 aromatic rings. The molecule has 0 radical (unpaired) electrons. The second-order valence-corrected chi connectivity index (χ2v) is 5.44. The van der Waals surface area contributed by atoms with E-state index in [0.717, 1.165) is 25.0 Å². The van der Waals surface area contributed by atoms with Crippen LogP contribution in [0.25, 0.3) is 0 Å². The molecule has 16 heavy (non-hydrogen) atoms. The van der Waals surface area contributed by atoms with E-state index in [2.05, 4.69) is 23.8 Å². The summed E-state index contributed by atoms with van der Waals surface area (Å²) in [6, 6.07) is 0. The second-order valence-electron chi connectivity index (χ2n) is 5.44. The lowest BCUT2D eigenvalue weighted by atomic mass is 9.70. The Hall–Kier alpha value is -1.16. The topological polar surface area (TPSA) is 71.8 Å². The number of rotatable bonds is 2. The van der Waals surface area contributed by atoms with Crippen LogP contribution in [-0.4, -0.2) is 16.5 Å². The van der Waals surface area contributed by atoms with E-state index in [9.17, 15) is 4.79 Å². The molecule has 4 nitrogen and oxygen atoms in total. The molecule has 1 unspecified atom stereocenters. The van der Waals surface area contributed by atoms with Gasteiger partial charge in [-0.3, -0.25) is 0 Å². The molecule has 4 heteroatoms. The molecule has 0 fully saturated rings. The maximum absolute atomic E-state index is 11.2. The van der Waals surface area contributed by atoms with Crippen molar-refractivity contribution < 1.29 is 0 Å². The average molecular weight is 221 g/mol. The van der Waals surface area contributed by atoms with Gasteiger partial charge in [-0.25, -0.2) is 9.78 Å². The third-order valence-electron chi connectivity index (χ3n) is 3.34. The van der Waals surface area contributed by atoms with Gasteiger partial charge in [-0.2, -0.15) is 0 Å². The van der Waals surface area contributed by atoms with Crippen molar-refractivity contribution in [1.29, 1.82) is 0 Å². The van der Waals surface area contributed by atoms with E-state index in [1.165, 1.54) is 5.56 Å².